The number of imide groups is 1. The predicted molar refractivity (Wildman–Crippen MR) is 90.0 cm³/mol. The van der Waals surface area contributed by atoms with Crippen LogP contribution in [0.15, 0.2) is 0 Å². The summed E-state index contributed by atoms with van der Waals surface area (Å²) in [5, 5.41) is 3.07. The predicted octanol–water partition coefficient (Wildman–Crippen LogP) is 3.24. The summed E-state index contributed by atoms with van der Waals surface area (Å²) in [5.41, 5.74) is -0.597. The molecule has 0 radical (unpaired) electrons. The van der Waals surface area contributed by atoms with Crippen molar-refractivity contribution in [2.24, 2.45) is 0 Å². The Hall–Kier alpha value is -1.10. The monoisotopic (exact) mass is 321 g/mol. The van der Waals surface area contributed by atoms with Gasteiger partial charge in [0.15, 0.2) is 0 Å². The van der Waals surface area contributed by atoms with Crippen molar-refractivity contribution in [3.05, 3.63) is 0 Å². The number of rotatable bonds is 2. The van der Waals surface area contributed by atoms with Gasteiger partial charge in [0.2, 0.25) is 0 Å². The first-order valence-corrected chi connectivity index (χ1v) is 9.58. The SMILES string of the molecule is O=C1NC2(CCCCCCC2)C(=O)N1CN1CCCCCCC1. The van der Waals surface area contributed by atoms with Gasteiger partial charge in [0.05, 0.1) is 6.67 Å². The van der Waals surface area contributed by atoms with Gasteiger partial charge in [-0.2, -0.15) is 0 Å². The topological polar surface area (TPSA) is 52.7 Å². The Morgan fingerprint density at radius 2 is 1.30 bits per heavy atom. The number of likely N-dealkylation sites (tertiary alicyclic amines) is 1. The second kappa shape index (κ2) is 7.65. The van der Waals surface area contributed by atoms with E-state index in [0.29, 0.717) is 6.67 Å². The molecule has 3 aliphatic rings. The molecular formula is C18H31N3O2. The van der Waals surface area contributed by atoms with Crippen LogP contribution in [0.4, 0.5) is 4.79 Å². The zero-order valence-corrected chi connectivity index (χ0v) is 14.3. The quantitative estimate of drug-likeness (QED) is 0.794. The van der Waals surface area contributed by atoms with Crippen LogP contribution in [0.1, 0.15) is 77.0 Å². The van der Waals surface area contributed by atoms with Crippen LogP contribution < -0.4 is 5.32 Å². The molecular weight excluding hydrogens is 290 g/mol. The minimum Gasteiger partial charge on any atom is -0.323 e. The molecule has 5 nitrogen and oxygen atoms in total. The van der Waals surface area contributed by atoms with Gasteiger partial charge in [0.1, 0.15) is 5.54 Å². The van der Waals surface area contributed by atoms with E-state index in [9.17, 15) is 9.59 Å². The van der Waals surface area contributed by atoms with Crippen LogP contribution in [0.25, 0.3) is 0 Å². The molecule has 5 heteroatoms. The summed E-state index contributed by atoms with van der Waals surface area (Å²) in [6.45, 7) is 2.49. The number of carbonyl (C=O) groups excluding carboxylic acids is 2. The second-order valence-corrected chi connectivity index (χ2v) is 7.54. The number of amides is 3. The molecule has 1 spiro atoms. The van der Waals surface area contributed by atoms with E-state index in [1.165, 1.54) is 56.3 Å². The van der Waals surface area contributed by atoms with Crippen LogP contribution in [0, 0.1) is 0 Å². The van der Waals surface area contributed by atoms with Gasteiger partial charge in [0.25, 0.3) is 5.91 Å². The first-order chi connectivity index (χ1) is 11.2. The lowest BCUT2D eigenvalue weighted by Crippen LogP contribution is -2.48. The van der Waals surface area contributed by atoms with Gasteiger partial charge in [-0.05, 0) is 38.8 Å². The van der Waals surface area contributed by atoms with Crippen LogP contribution in [0.2, 0.25) is 0 Å². The molecule has 3 fully saturated rings. The highest BCUT2D eigenvalue weighted by Crippen LogP contribution is 2.32. The van der Waals surface area contributed by atoms with Crippen LogP contribution in [0.5, 0.6) is 0 Å². The maximum Gasteiger partial charge on any atom is 0.326 e. The van der Waals surface area contributed by atoms with Crippen molar-refractivity contribution in [2.45, 2.75) is 82.6 Å². The third-order valence-electron chi connectivity index (χ3n) is 5.74. The summed E-state index contributed by atoms with van der Waals surface area (Å²) in [5.74, 6) is 0.0338. The second-order valence-electron chi connectivity index (χ2n) is 7.54. The normalized spacial score (nSPS) is 27.2. The molecule has 130 valence electrons. The molecule has 0 aromatic carbocycles. The zero-order chi connectivity index (χ0) is 16.1. The average molecular weight is 321 g/mol. The van der Waals surface area contributed by atoms with E-state index >= 15 is 0 Å². The van der Waals surface area contributed by atoms with E-state index in [1.54, 1.807) is 0 Å². The van der Waals surface area contributed by atoms with Crippen molar-refractivity contribution in [3.63, 3.8) is 0 Å². The molecule has 3 amide bonds. The maximum absolute atomic E-state index is 13.0. The first kappa shape index (κ1) is 16.7. The molecule has 2 saturated heterocycles. The molecule has 0 aromatic rings. The molecule has 3 rings (SSSR count). The summed E-state index contributed by atoms with van der Waals surface area (Å²) in [6.07, 6.45) is 13.5. The molecule has 23 heavy (non-hydrogen) atoms. The van der Waals surface area contributed by atoms with Crippen LogP contribution in [-0.4, -0.2) is 47.0 Å². The number of carbonyl (C=O) groups is 2. The van der Waals surface area contributed by atoms with E-state index in [2.05, 4.69) is 10.2 Å². The van der Waals surface area contributed by atoms with Crippen molar-refractivity contribution >= 4 is 11.9 Å². The van der Waals surface area contributed by atoms with Crippen molar-refractivity contribution < 1.29 is 9.59 Å². The van der Waals surface area contributed by atoms with Crippen LogP contribution >= 0.6 is 0 Å². The first-order valence-electron chi connectivity index (χ1n) is 9.58. The molecule has 0 aromatic heterocycles. The molecule has 0 atom stereocenters. The third kappa shape index (κ3) is 3.87. The number of urea groups is 1. The van der Waals surface area contributed by atoms with Gasteiger partial charge in [-0.1, -0.05) is 51.4 Å². The standard InChI is InChI=1S/C18H31N3O2/c22-16-18(11-7-3-1-4-8-12-18)19-17(23)21(16)15-20-13-9-5-2-6-10-14-20/h1-15H2,(H,19,23). The van der Waals surface area contributed by atoms with E-state index in [-0.39, 0.29) is 11.9 Å². The summed E-state index contributed by atoms with van der Waals surface area (Å²) in [4.78, 5) is 29.2. The average Bonchev–Trinajstić information content (AvgIpc) is 2.70. The number of hydrogen-bond acceptors (Lipinski definition) is 3. The lowest BCUT2D eigenvalue weighted by atomic mass is 9.84. The summed E-state index contributed by atoms with van der Waals surface area (Å²) in [6, 6.07) is -0.169. The summed E-state index contributed by atoms with van der Waals surface area (Å²) >= 11 is 0. The minimum absolute atomic E-state index is 0.0338. The van der Waals surface area contributed by atoms with Gasteiger partial charge in [-0.25, -0.2) is 9.69 Å². The van der Waals surface area contributed by atoms with Crippen LogP contribution in [0.3, 0.4) is 0 Å². The highest BCUT2D eigenvalue weighted by atomic mass is 16.2. The molecule has 1 aliphatic carbocycles. The summed E-state index contributed by atoms with van der Waals surface area (Å²) < 4.78 is 0. The highest BCUT2D eigenvalue weighted by Gasteiger charge is 2.50. The summed E-state index contributed by atoms with van der Waals surface area (Å²) in [7, 11) is 0. The molecule has 0 bridgehead atoms. The highest BCUT2D eigenvalue weighted by molar-refractivity contribution is 6.07. The Labute approximate surface area is 139 Å². The van der Waals surface area contributed by atoms with Crippen molar-refractivity contribution in [1.82, 2.24) is 15.1 Å². The minimum atomic E-state index is -0.597. The van der Waals surface area contributed by atoms with Crippen LogP contribution in [-0.2, 0) is 4.79 Å². The van der Waals surface area contributed by atoms with Gasteiger partial charge in [-0.15, -0.1) is 0 Å². The Morgan fingerprint density at radius 1 is 0.783 bits per heavy atom. The molecule has 1 saturated carbocycles. The van der Waals surface area contributed by atoms with Crippen molar-refractivity contribution in [3.8, 4) is 0 Å². The van der Waals surface area contributed by atoms with E-state index in [0.717, 1.165) is 38.8 Å². The Kier molecular flexibility index (Phi) is 5.57. The van der Waals surface area contributed by atoms with E-state index < -0.39 is 5.54 Å². The fourth-order valence-corrected chi connectivity index (χ4v) is 4.31. The molecule has 2 heterocycles. The van der Waals surface area contributed by atoms with Crippen molar-refractivity contribution in [1.29, 1.82) is 0 Å². The van der Waals surface area contributed by atoms with Gasteiger partial charge in [0, 0.05) is 0 Å². The number of nitrogens with one attached hydrogen (secondary N) is 1. The largest absolute Gasteiger partial charge is 0.326 e. The maximum atomic E-state index is 13.0. The van der Waals surface area contributed by atoms with Gasteiger partial charge < -0.3 is 5.32 Å². The van der Waals surface area contributed by atoms with E-state index in [1.807, 2.05) is 0 Å². The smallest absolute Gasteiger partial charge is 0.323 e. The lowest BCUT2D eigenvalue weighted by Gasteiger charge is -2.30. The Morgan fingerprint density at radius 3 is 1.91 bits per heavy atom. The molecule has 1 N–H and O–H groups in total. The fraction of sp³-hybridized carbons (Fsp3) is 0.889. The van der Waals surface area contributed by atoms with Crippen molar-refractivity contribution in [2.75, 3.05) is 19.8 Å². The third-order valence-corrected chi connectivity index (χ3v) is 5.74. The molecule has 0 unspecified atom stereocenters. The zero-order valence-electron chi connectivity index (χ0n) is 14.3. The van der Waals surface area contributed by atoms with Gasteiger partial charge >= 0.3 is 6.03 Å². The number of hydrogen-bond donors (Lipinski definition) is 1. The Balaban J connectivity index is 1.65. The number of nitrogens with zero attached hydrogens (tertiary/aromatic N) is 2. The van der Waals surface area contributed by atoms with Gasteiger partial charge in [-0.3, -0.25) is 9.69 Å². The lowest BCUT2D eigenvalue weighted by molar-refractivity contribution is -0.133. The van der Waals surface area contributed by atoms with E-state index in [4.69, 9.17) is 0 Å². The molecule has 2 aliphatic heterocycles. The Bertz CT molecular complexity index is 422. The fourth-order valence-electron chi connectivity index (χ4n) is 4.31.